The Morgan fingerprint density at radius 3 is 2.62 bits per heavy atom. The first kappa shape index (κ1) is 20.4. The zero-order chi connectivity index (χ0) is 21.9. The maximum Gasteiger partial charge on any atom is 0.267 e. The van der Waals surface area contributed by atoms with Crippen LogP contribution in [0.4, 0.5) is 5.13 Å². The minimum atomic E-state index is -0.209. The molecule has 2 heterocycles. The van der Waals surface area contributed by atoms with Gasteiger partial charge in [-0.05, 0) is 47.2 Å². The van der Waals surface area contributed by atoms with Gasteiger partial charge in [-0.1, -0.05) is 65.4 Å². The molecular weight excluding hydrogens is 442 g/mol. The van der Waals surface area contributed by atoms with Gasteiger partial charge >= 0.3 is 0 Å². The van der Waals surface area contributed by atoms with Crippen LogP contribution in [0.2, 0.25) is 5.02 Å². The third-order valence-electron chi connectivity index (χ3n) is 5.02. The Morgan fingerprint density at radius 2 is 1.81 bits per heavy atom. The molecule has 0 unspecified atom stereocenters. The van der Waals surface area contributed by atoms with E-state index in [4.69, 9.17) is 16.3 Å². The molecule has 32 heavy (non-hydrogen) atoms. The molecule has 2 aromatic heterocycles. The minimum Gasteiger partial charge on any atom is -0.484 e. The molecule has 7 heteroatoms. The van der Waals surface area contributed by atoms with Gasteiger partial charge in [0.15, 0.2) is 11.7 Å². The number of hydrogen-bond donors (Lipinski definition) is 0. The van der Waals surface area contributed by atoms with E-state index in [1.165, 1.54) is 11.3 Å². The number of pyridine rings is 1. The summed E-state index contributed by atoms with van der Waals surface area (Å²) in [7, 11) is 0. The number of para-hydroxylation sites is 1. The van der Waals surface area contributed by atoms with E-state index in [9.17, 15) is 4.79 Å². The van der Waals surface area contributed by atoms with Crippen LogP contribution in [0.25, 0.3) is 21.0 Å². The number of thiazole rings is 1. The van der Waals surface area contributed by atoms with Crippen molar-refractivity contribution in [2.24, 2.45) is 0 Å². The number of fused-ring (bicyclic) bond motifs is 2. The fourth-order valence-corrected chi connectivity index (χ4v) is 4.70. The zero-order valence-electron chi connectivity index (χ0n) is 16.9. The Labute approximate surface area is 193 Å². The summed E-state index contributed by atoms with van der Waals surface area (Å²) in [5.41, 5.74) is 1.44. The van der Waals surface area contributed by atoms with Gasteiger partial charge in [-0.2, -0.15) is 0 Å². The number of amides is 1. The lowest BCUT2D eigenvalue weighted by atomic mass is 10.1. The maximum atomic E-state index is 13.3. The maximum absolute atomic E-state index is 13.3. The molecule has 3 aromatic carbocycles. The van der Waals surface area contributed by atoms with Crippen LogP contribution < -0.4 is 9.64 Å². The first-order valence-corrected chi connectivity index (χ1v) is 11.2. The SMILES string of the molecule is O=C(COc1ccc2ccccc2c1)N(Cc1ccccn1)c1nc2c(Cl)cccc2s1. The first-order chi connectivity index (χ1) is 15.7. The summed E-state index contributed by atoms with van der Waals surface area (Å²) in [6.07, 6.45) is 1.71. The van der Waals surface area contributed by atoms with E-state index in [1.54, 1.807) is 17.2 Å². The molecule has 1 amide bonds. The second-order valence-corrected chi connectivity index (χ2v) is 8.60. The molecule has 5 rings (SSSR count). The first-order valence-electron chi connectivity index (χ1n) is 10.0. The molecule has 0 aliphatic rings. The predicted molar refractivity (Wildman–Crippen MR) is 130 cm³/mol. The molecule has 0 saturated heterocycles. The summed E-state index contributed by atoms with van der Waals surface area (Å²) in [5, 5.41) is 3.30. The second kappa shape index (κ2) is 8.94. The number of carbonyl (C=O) groups excluding carboxylic acids is 1. The van der Waals surface area contributed by atoms with Crippen LogP contribution in [0, 0.1) is 0 Å². The lowest BCUT2D eigenvalue weighted by molar-refractivity contribution is -0.120. The van der Waals surface area contributed by atoms with Gasteiger partial charge in [-0.25, -0.2) is 4.98 Å². The highest BCUT2D eigenvalue weighted by Gasteiger charge is 2.22. The standard InChI is InChI=1S/C25H18ClN3O2S/c26-21-9-5-10-22-24(21)28-25(32-22)29(15-19-8-3-4-13-27-19)23(30)16-31-20-12-11-17-6-1-2-7-18(17)14-20/h1-14H,15-16H2. The molecule has 0 aliphatic heterocycles. The van der Waals surface area contributed by atoms with Gasteiger partial charge in [0.05, 0.1) is 22.0 Å². The van der Waals surface area contributed by atoms with Gasteiger partial charge in [-0.15, -0.1) is 0 Å². The van der Waals surface area contributed by atoms with Crippen molar-refractivity contribution in [3.05, 3.63) is 95.8 Å². The summed E-state index contributed by atoms with van der Waals surface area (Å²) >= 11 is 7.72. The van der Waals surface area contributed by atoms with E-state index in [0.29, 0.717) is 21.4 Å². The Bertz CT molecular complexity index is 1400. The van der Waals surface area contributed by atoms with Crippen molar-refractivity contribution in [3.8, 4) is 5.75 Å². The van der Waals surface area contributed by atoms with Crippen LogP contribution >= 0.6 is 22.9 Å². The second-order valence-electron chi connectivity index (χ2n) is 7.18. The van der Waals surface area contributed by atoms with Crippen LogP contribution in [-0.4, -0.2) is 22.5 Å². The van der Waals surface area contributed by atoms with E-state index in [-0.39, 0.29) is 19.1 Å². The van der Waals surface area contributed by atoms with Crippen LogP contribution in [-0.2, 0) is 11.3 Å². The van der Waals surface area contributed by atoms with Crippen LogP contribution in [0.5, 0.6) is 5.75 Å². The van der Waals surface area contributed by atoms with E-state index in [0.717, 1.165) is 21.2 Å². The number of aromatic nitrogens is 2. The van der Waals surface area contributed by atoms with Crippen LogP contribution in [0.3, 0.4) is 0 Å². The Balaban J connectivity index is 1.41. The third-order valence-corrected chi connectivity index (χ3v) is 6.37. The normalized spacial score (nSPS) is 11.0. The van der Waals surface area contributed by atoms with Gasteiger partial charge in [0.25, 0.3) is 5.91 Å². The molecule has 0 N–H and O–H groups in total. The van der Waals surface area contributed by atoms with Gasteiger partial charge in [-0.3, -0.25) is 14.7 Å². The molecule has 0 atom stereocenters. The van der Waals surface area contributed by atoms with E-state index in [1.807, 2.05) is 72.8 Å². The summed E-state index contributed by atoms with van der Waals surface area (Å²) in [5.74, 6) is 0.432. The lowest BCUT2D eigenvalue weighted by Gasteiger charge is -2.19. The van der Waals surface area contributed by atoms with Gasteiger partial charge in [0, 0.05) is 6.20 Å². The highest BCUT2D eigenvalue weighted by molar-refractivity contribution is 7.22. The van der Waals surface area contributed by atoms with Crippen molar-refractivity contribution in [2.75, 3.05) is 11.5 Å². The van der Waals surface area contributed by atoms with Crippen molar-refractivity contribution in [1.29, 1.82) is 0 Å². The lowest BCUT2D eigenvalue weighted by Crippen LogP contribution is -2.34. The monoisotopic (exact) mass is 459 g/mol. The summed E-state index contributed by atoms with van der Waals surface area (Å²) in [4.78, 5) is 23.9. The van der Waals surface area contributed by atoms with E-state index >= 15 is 0 Å². The van der Waals surface area contributed by atoms with Crippen molar-refractivity contribution in [1.82, 2.24) is 9.97 Å². The molecule has 0 aliphatic carbocycles. The van der Waals surface area contributed by atoms with E-state index in [2.05, 4.69) is 9.97 Å². The Morgan fingerprint density at radius 1 is 0.969 bits per heavy atom. The number of hydrogen-bond acceptors (Lipinski definition) is 5. The number of nitrogens with zero attached hydrogens (tertiary/aromatic N) is 3. The molecule has 0 spiro atoms. The molecule has 0 saturated carbocycles. The van der Waals surface area contributed by atoms with Crippen molar-refractivity contribution in [3.63, 3.8) is 0 Å². The molecule has 158 valence electrons. The molecule has 0 bridgehead atoms. The Hall–Kier alpha value is -3.48. The molecule has 5 nitrogen and oxygen atoms in total. The van der Waals surface area contributed by atoms with Crippen molar-refractivity contribution < 1.29 is 9.53 Å². The van der Waals surface area contributed by atoms with Gasteiger partial charge in [0.1, 0.15) is 11.3 Å². The van der Waals surface area contributed by atoms with Crippen LogP contribution in [0.15, 0.2) is 85.1 Å². The quantitative estimate of drug-likeness (QED) is 0.307. The van der Waals surface area contributed by atoms with E-state index < -0.39 is 0 Å². The third kappa shape index (κ3) is 4.28. The number of ether oxygens (including phenoxy) is 1. The summed E-state index contributed by atoms with van der Waals surface area (Å²) in [6.45, 7) is 0.174. The number of benzene rings is 3. The topological polar surface area (TPSA) is 55.3 Å². The highest BCUT2D eigenvalue weighted by Crippen LogP contribution is 2.33. The predicted octanol–water partition coefficient (Wildman–Crippen LogP) is 6.11. The fraction of sp³-hybridized carbons (Fsp3) is 0.0800. The van der Waals surface area contributed by atoms with Crippen molar-refractivity contribution >= 4 is 55.0 Å². The number of anilines is 1. The average molecular weight is 460 g/mol. The molecule has 0 fully saturated rings. The summed E-state index contributed by atoms with van der Waals surface area (Å²) < 4.78 is 6.77. The fourth-order valence-electron chi connectivity index (χ4n) is 3.41. The van der Waals surface area contributed by atoms with Crippen molar-refractivity contribution in [2.45, 2.75) is 6.54 Å². The minimum absolute atomic E-state index is 0.116. The zero-order valence-corrected chi connectivity index (χ0v) is 18.5. The highest BCUT2D eigenvalue weighted by atomic mass is 35.5. The number of halogens is 1. The van der Waals surface area contributed by atoms with Crippen LogP contribution in [0.1, 0.15) is 5.69 Å². The summed E-state index contributed by atoms with van der Waals surface area (Å²) in [6, 6.07) is 25.0. The number of rotatable bonds is 6. The largest absolute Gasteiger partial charge is 0.484 e. The average Bonchev–Trinajstić information content (AvgIpc) is 3.27. The Kier molecular flexibility index (Phi) is 5.71. The number of carbonyl (C=O) groups is 1. The molecule has 0 radical (unpaired) electrons. The van der Waals surface area contributed by atoms with Gasteiger partial charge in [0.2, 0.25) is 0 Å². The molecule has 5 aromatic rings. The van der Waals surface area contributed by atoms with Gasteiger partial charge < -0.3 is 4.74 Å². The smallest absolute Gasteiger partial charge is 0.267 e. The molecular formula is C25H18ClN3O2S.